The van der Waals surface area contributed by atoms with Gasteiger partial charge in [-0.05, 0) is 30.7 Å². The van der Waals surface area contributed by atoms with E-state index in [4.69, 9.17) is 9.15 Å². The summed E-state index contributed by atoms with van der Waals surface area (Å²) < 4.78 is 12.0. The van der Waals surface area contributed by atoms with Gasteiger partial charge >= 0.3 is 0 Å². The van der Waals surface area contributed by atoms with E-state index in [2.05, 4.69) is 0 Å². The van der Waals surface area contributed by atoms with Crippen molar-refractivity contribution in [2.24, 2.45) is 0 Å². The van der Waals surface area contributed by atoms with Crippen LogP contribution in [0.2, 0.25) is 0 Å². The average Bonchev–Trinajstić information content (AvgIpc) is 2.68. The lowest BCUT2D eigenvalue weighted by Crippen LogP contribution is -2.10. The van der Waals surface area contributed by atoms with E-state index in [9.17, 15) is 4.79 Å². The SMILES string of the molecule is Cc1cccc(-c2oc3ccccc3c(=O)c2OCc2ccccc2)c1. The lowest BCUT2D eigenvalue weighted by molar-refractivity contribution is 0.298. The van der Waals surface area contributed by atoms with Crippen LogP contribution in [0.15, 0.2) is 88.1 Å². The number of ether oxygens (including phenoxy) is 1. The van der Waals surface area contributed by atoms with Gasteiger partial charge in [0.15, 0.2) is 5.76 Å². The molecule has 0 unspecified atom stereocenters. The minimum Gasteiger partial charge on any atom is -0.481 e. The van der Waals surface area contributed by atoms with Crippen molar-refractivity contribution in [2.75, 3.05) is 0 Å². The Bertz CT molecular complexity index is 1110. The molecule has 0 fully saturated rings. The Kier molecular flexibility index (Phi) is 4.28. The number of aryl methyl sites for hydroxylation is 1. The fourth-order valence-electron chi connectivity index (χ4n) is 2.96. The smallest absolute Gasteiger partial charge is 0.235 e. The third kappa shape index (κ3) is 3.11. The highest BCUT2D eigenvalue weighted by atomic mass is 16.5. The van der Waals surface area contributed by atoms with Crippen LogP contribution in [0.1, 0.15) is 11.1 Å². The molecule has 26 heavy (non-hydrogen) atoms. The zero-order valence-corrected chi connectivity index (χ0v) is 14.4. The van der Waals surface area contributed by atoms with Gasteiger partial charge in [-0.2, -0.15) is 0 Å². The maximum absolute atomic E-state index is 13.0. The first kappa shape index (κ1) is 16.2. The minimum absolute atomic E-state index is 0.153. The van der Waals surface area contributed by atoms with Gasteiger partial charge in [0.2, 0.25) is 11.2 Å². The highest BCUT2D eigenvalue weighted by Crippen LogP contribution is 2.31. The summed E-state index contributed by atoms with van der Waals surface area (Å²) in [7, 11) is 0. The Morgan fingerprint density at radius 3 is 2.46 bits per heavy atom. The van der Waals surface area contributed by atoms with Crippen molar-refractivity contribution in [3.05, 3.63) is 100 Å². The molecular weight excluding hydrogens is 324 g/mol. The molecule has 0 bridgehead atoms. The molecule has 0 aliphatic rings. The maximum Gasteiger partial charge on any atom is 0.235 e. The fourth-order valence-corrected chi connectivity index (χ4v) is 2.96. The van der Waals surface area contributed by atoms with Crippen LogP contribution in [-0.2, 0) is 6.61 Å². The molecule has 0 atom stereocenters. The second-order valence-electron chi connectivity index (χ2n) is 6.23. The Labute approximate surface area is 151 Å². The van der Waals surface area contributed by atoms with E-state index in [0.717, 1.165) is 16.7 Å². The summed E-state index contributed by atoms with van der Waals surface area (Å²) in [5.41, 5.74) is 3.32. The maximum atomic E-state index is 13.0. The normalized spacial score (nSPS) is 10.8. The molecule has 0 saturated heterocycles. The molecule has 0 N–H and O–H groups in total. The first-order valence-electron chi connectivity index (χ1n) is 8.52. The number of para-hydroxylation sites is 1. The molecule has 0 spiro atoms. The highest BCUT2D eigenvalue weighted by molar-refractivity contribution is 5.82. The molecule has 1 aromatic heterocycles. The molecule has 0 radical (unpaired) electrons. The summed E-state index contributed by atoms with van der Waals surface area (Å²) >= 11 is 0. The molecule has 0 aliphatic heterocycles. The van der Waals surface area contributed by atoms with Crippen LogP contribution in [0.5, 0.6) is 5.75 Å². The highest BCUT2D eigenvalue weighted by Gasteiger charge is 2.17. The van der Waals surface area contributed by atoms with E-state index in [0.29, 0.717) is 23.3 Å². The van der Waals surface area contributed by atoms with E-state index >= 15 is 0 Å². The van der Waals surface area contributed by atoms with Gasteiger partial charge < -0.3 is 9.15 Å². The minimum atomic E-state index is -0.153. The van der Waals surface area contributed by atoms with Gasteiger partial charge in [-0.15, -0.1) is 0 Å². The third-order valence-corrected chi connectivity index (χ3v) is 4.26. The topological polar surface area (TPSA) is 39.4 Å². The summed E-state index contributed by atoms with van der Waals surface area (Å²) in [4.78, 5) is 13.0. The van der Waals surface area contributed by atoms with Gasteiger partial charge in [-0.1, -0.05) is 66.2 Å². The molecule has 4 aromatic rings. The van der Waals surface area contributed by atoms with Crippen molar-refractivity contribution in [1.82, 2.24) is 0 Å². The largest absolute Gasteiger partial charge is 0.481 e. The number of fused-ring (bicyclic) bond motifs is 1. The summed E-state index contributed by atoms with van der Waals surface area (Å²) in [6.07, 6.45) is 0. The van der Waals surface area contributed by atoms with Gasteiger partial charge in [-0.3, -0.25) is 4.79 Å². The van der Waals surface area contributed by atoms with E-state index in [-0.39, 0.29) is 11.2 Å². The molecule has 4 rings (SSSR count). The van der Waals surface area contributed by atoms with Gasteiger partial charge in [0.05, 0.1) is 5.39 Å². The number of rotatable bonds is 4. The number of hydrogen-bond acceptors (Lipinski definition) is 3. The Morgan fingerprint density at radius 2 is 1.65 bits per heavy atom. The third-order valence-electron chi connectivity index (χ3n) is 4.26. The van der Waals surface area contributed by atoms with Crippen LogP contribution in [0.25, 0.3) is 22.3 Å². The van der Waals surface area contributed by atoms with Crippen LogP contribution in [0.3, 0.4) is 0 Å². The standard InChI is InChI=1S/C23H18O3/c1-16-8-7-11-18(14-16)22-23(25-15-17-9-3-2-4-10-17)21(24)19-12-5-6-13-20(19)26-22/h2-14H,15H2,1H3. The Morgan fingerprint density at radius 1 is 0.885 bits per heavy atom. The van der Waals surface area contributed by atoms with Crippen molar-refractivity contribution >= 4 is 11.0 Å². The number of benzene rings is 3. The monoisotopic (exact) mass is 342 g/mol. The van der Waals surface area contributed by atoms with Crippen LogP contribution < -0.4 is 10.2 Å². The van der Waals surface area contributed by atoms with E-state index in [1.165, 1.54) is 0 Å². The first-order valence-corrected chi connectivity index (χ1v) is 8.52. The predicted molar refractivity (Wildman–Crippen MR) is 103 cm³/mol. The number of hydrogen-bond donors (Lipinski definition) is 0. The Balaban J connectivity index is 1.86. The van der Waals surface area contributed by atoms with Crippen molar-refractivity contribution in [2.45, 2.75) is 13.5 Å². The van der Waals surface area contributed by atoms with Gasteiger partial charge in [0, 0.05) is 5.56 Å². The van der Waals surface area contributed by atoms with Gasteiger partial charge in [-0.25, -0.2) is 0 Å². The van der Waals surface area contributed by atoms with Crippen LogP contribution in [0, 0.1) is 6.92 Å². The van der Waals surface area contributed by atoms with Crippen LogP contribution >= 0.6 is 0 Å². The molecular formula is C23H18O3. The first-order chi connectivity index (χ1) is 12.7. The summed E-state index contributed by atoms with van der Waals surface area (Å²) in [6, 6.07) is 24.9. The molecule has 128 valence electrons. The van der Waals surface area contributed by atoms with E-state index in [1.54, 1.807) is 12.1 Å². The van der Waals surface area contributed by atoms with Crippen LogP contribution in [0.4, 0.5) is 0 Å². The molecule has 3 aromatic carbocycles. The lowest BCUT2D eigenvalue weighted by Gasteiger charge is -2.12. The fraction of sp³-hybridized carbons (Fsp3) is 0.0870. The lowest BCUT2D eigenvalue weighted by atomic mass is 10.1. The molecule has 0 saturated carbocycles. The zero-order valence-electron chi connectivity index (χ0n) is 14.4. The van der Waals surface area contributed by atoms with Gasteiger partial charge in [0.25, 0.3) is 0 Å². The second kappa shape index (κ2) is 6.89. The molecule has 0 aliphatic carbocycles. The molecule has 3 heteroatoms. The van der Waals surface area contributed by atoms with Crippen molar-refractivity contribution in [3.8, 4) is 17.1 Å². The summed E-state index contributed by atoms with van der Waals surface area (Å²) in [5, 5.41) is 0.520. The van der Waals surface area contributed by atoms with Crippen molar-refractivity contribution in [1.29, 1.82) is 0 Å². The second-order valence-corrected chi connectivity index (χ2v) is 6.23. The van der Waals surface area contributed by atoms with Crippen molar-refractivity contribution < 1.29 is 9.15 Å². The average molecular weight is 342 g/mol. The van der Waals surface area contributed by atoms with E-state index in [1.807, 2.05) is 73.7 Å². The zero-order chi connectivity index (χ0) is 17.9. The summed E-state index contributed by atoms with van der Waals surface area (Å²) in [5.74, 6) is 0.714. The predicted octanol–water partition coefficient (Wildman–Crippen LogP) is 5.35. The van der Waals surface area contributed by atoms with E-state index < -0.39 is 0 Å². The summed E-state index contributed by atoms with van der Waals surface area (Å²) in [6.45, 7) is 2.32. The quantitative estimate of drug-likeness (QED) is 0.502. The molecule has 3 nitrogen and oxygen atoms in total. The van der Waals surface area contributed by atoms with Crippen LogP contribution in [-0.4, -0.2) is 0 Å². The molecule has 1 heterocycles. The van der Waals surface area contributed by atoms with Gasteiger partial charge in [0.1, 0.15) is 12.2 Å². The Hall–Kier alpha value is -3.33. The molecule has 0 amide bonds. The van der Waals surface area contributed by atoms with Crippen molar-refractivity contribution in [3.63, 3.8) is 0 Å².